The van der Waals surface area contributed by atoms with Crippen LogP contribution in [0.1, 0.15) is 32.7 Å². The monoisotopic (exact) mass is 351 g/mol. The third-order valence-corrected chi connectivity index (χ3v) is 4.98. The van der Waals surface area contributed by atoms with Crippen molar-refractivity contribution in [3.05, 3.63) is 39.9 Å². The third kappa shape index (κ3) is 2.61. The van der Waals surface area contributed by atoms with Crippen LogP contribution in [0.5, 0.6) is 0 Å². The van der Waals surface area contributed by atoms with Gasteiger partial charge in [0.25, 0.3) is 0 Å². The minimum absolute atomic E-state index is 0.0164. The van der Waals surface area contributed by atoms with E-state index in [4.69, 9.17) is 0 Å². The van der Waals surface area contributed by atoms with Crippen LogP contribution in [0, 0.1) is 17.5 Å². The van der Waals surface area contributed by atoms with Crippen LogP contribution in [0.4, 0.5) is 18.9 Å². The van der Waals surface area contributed by atoms with E-state index in [9.17, 15) is 13.6 Å². The summed E-state index contributed by atoms with van der Waals surface area (Å²) in [7, 11) is 0. The molecule has 1 aromatic carbocycles. The Bertz CT molecular complexity index is 897. The molecule has 1 saturated carbocycles. The highest BCUT2D eigenvalue weighted by atomic mass is 19.2. The molecule has 0 bridgehead atoms. The van der Waals surface area contributed by atoms with Gasteiger partial charge in [-0.1, -0.05) is 0 Å². The lowest BCUT2D eigenvalue weighted by Crippen LogP contribution is -2.54. The van der Waals surface area contributed by atoms with E-state index in [-0.39, 0.29) is 29.3 Å². The Kier molecular flexibility index (Phi) is 3.79. The van der Waals surface area contributed by atoms with Crippen molar-refractivity contribution in [2.24, 2.45) is 0 Å². The summed E-state index contributed by atoms with van der Waals surface area (Å²) in [6, 6.07) is 1.25. The molecular weight excluding hydrogens is 331 g/mol. The first-order chi connectivity index (χ1) is 11.9. The molecular formula is C18H20F3N3O. The second-order valence-electron chi connectivity index (χ2n) is 7.21. The minimum atomic E-state index is -1.28. The van der Waals surface area contributed by atoms with Crippen molar-refractivity contribution in [3.63, 3.8) is 0 Å². The number of hydrogen-bond acceptors (Lipinski definition) is 3. The molecule has 2 atom stereocenters. The fraction of sp³-hybridized carbons (Fsp3) is 0.500. The Labute approximate surface area is 143 Å². The van der Waals surface area contributed by atoms with Gasteiger partial charge in [-0.3, -0.25) is 4.79 Å². The van der Waals surface area contributed by atoms with Gasteiger partial charge < -0.3 is 14.8 Å². The molecule has 2 aromatic rings. The molecule has 1 aliphatic heterocycles. The lowest BCUT2D eigenvalue weighted by Gasteiger charge is -2.38. The Morgan fingerprint density at radius 1 is 1.04 bits per heavy atom. The van der Waals surface area contributed by atoms with Crippen molar-refractivity contribution >= 4 is 16.6 Å². The summed E-state index contributed by atoms with van der Waals surface area (Å²) in [6.45, 7) is 4.55. The first kappa shape index (κ1) is 16.4. The molecule has 134 valence electrons. The first-order valence-electron chi connectivity index (χ1n) is 8.60. The van der Waals surface area contributed by atoms with Crippen LogP contribution in [0.15, 0.2) is 17.1 Å². The van der Waals surface area contributed by atoms with Gasteiger partial charge in [-0.05, 0) is 26.7 Å². The quantitative estimate of drug-likeness (QED) is 0.846. The summed E-state index contributed by atoms with van der Waals surface area (Å²) in [5, 5.41) is 2.79. The van der Waals surface area contributed by atoms with Crippen LogP contribution in [-0.4, -0.2) is 29.7 Å². The van der Waals surface area contributed by atoms with Gasteiger partial charge >= 0.3 is 0 Å². The van der Waals surface area contributed by atoms with Crippen molar-refractivity contribution in [2.45, 2.75) is 44.8 Å². The second kappa shape index (κ2) is 5.76. The van der Waals surface area contributed by atoms with Gasteiger partial charge in [-0.15, -0.1) is 0 Å². The lowest BCUT2D eigenvalue weighted by atomic mass is 10.1. The maximum atomic E-state index is 15.3. The zero-order valence-corrected chi connectivity index (χ0v) is 14.2. The van der Waals surface area contributed by atoms with Crippen LogP contribution in [0.25, 0.3) is 10.9 Å². The van der Waals surface area contributed by atoms with Crippen LogP contribution in [-0.2, 0) is 0 Å². The number of hydrogen-bond donors (Lipinski definition) is 1. The van der Waals surface area contributed by atoms with E-state index in [1.165, 1.54) is 17.2 Å². The number of nitrogens with one attached hydrogen (secondary N) is 1. The molecule has 25 heavy (non-hydrogen) atoms. The summed E-state index contributed by atoms with van der Waals surface area (Å²) < 4.78 is 46.4. The van der Waals surface area contributed by atoms with Gasteiger partial charge in [0, 0.05) is 43.5 Å². The summed E-state index contributed by atoms with van der Waals surface area (Å²) in [4.78, 5) is 13.6. The molecule has 2 fully saturated rings. The van der Waals surface area contributed by atoms with Gasteiger partial charge in [0.2, 0.25) is 0 Å². The maximum absolute atomic E-state index is 15.3. The molecule has 4 rings (SSSR count). The molecule has 2 heterocycles. The molecule has 2 aliphatic rings. The average molecular weight is 351 g/mol. The zero-order chi connectivity index (χ0) is 17.9. The van der Waals surface area contributed by atoms with E-state index in [1.807, 2.05) is 13.8 Å². The van der Waals surface area contributed by atoms with E-state index < -0.39 is 28.3 Å². The highest BCUT2D eigenvalue weighted by Crippen LogP contribution is 2.40. The number of halogens is 3. The van der Waals surface area contributed by atoms with Gasteiger partial charge in [0.15, 0.2) is 22.9 Å². The van der Waals surface area contributed by atoms with E-state index in [0.717, 1.165) is 12.8 Å². The van der Waals surface area contributed by atoms with E-state index >= 15 is 4.39 Å². The maximum Gasteiger partial charge on any atom is 0.192 e. The Morgan fingerprint density at radius 3 is 2.28 bits per heavy atom. The van der Waals surface area contributed by atoms with Crippen molar-refractivity contribution in [1.29, 1.82) is 0 Å². The van der Waals surface area contributed by atoms with Gasteiger partial charge in [-0.25, -0.2) is 13.2 Å². The van der Waals surface area contributed by atoms with Crippen LogP contribution in [0.2, 0.25) is 0 Å². The fourth-order valence-electron chi connectivity index (χ4n) is 3.85. The SMILES string of the molecule is C[C@@H]1CN(c2c(F)c(F)c3c(=O)ccn(C4CC4)c3c2F)C[C@H](C)N1. The molecule has 0 amide bonds. The highest BCUT2D eigenvalue weighted by Gasteiger charge is 2.33. The molecule has 1 aliphatic carbocycles. The fourth-order valence-corrected chi connectivity index (χ4v) is 3.85. The lowest BCUT2D eigenvalue weighted by molar-refractivity contribution is 0.397. The Balaban J connectivity index is 1.99. The molecule has 1 saturated heterocycles. The number of nitrogens with zero attached hydrogens (tertiary/aromatic N) is 2. The number of fused-ring (bicyclic) bond motifs is 1. The third-order valence-electron chi connectivity index (χ3n) is 4.98. The Morgan fingerprint density at radius 2 is 1.68 bits per heavy atom. The molecule has 0 radical (unpaired) electrons. The second-order valence-corrected chi connectivity index (χ2v) is 7.21. The van der Waals surface area contributed by atoms with Crippen molar-refractivity contribution in [2.75, 3.05) is 18.0 Å². The first-order valence-corrected chi connectivity index (χ1v) is 8.60. The van der Waals surface area contributed by atoms with E-state index in [2.05, 4.69) is 5.32 Å². The summed E-state index contributed by atoms with van der Waals surface area (Å²) in [5.41, 5.74) is -1.19. The standard InChI is InChI=1S/C18H20F3N3O/c1-9-7-23(8-10(2)22-9)18-15(20)14(19)13-12(25)5-6-24(11-3-4-11)17(13)16(18)21/h5-6,9-11,22H,3-4,7-8H2,1-2H3/t9-,10+. The normalized spacial score (nSPS) is 24.1. The smallest absolute Gasteiger partial charge is 0.192 e. The number of anilines is 1. The van der Waals surface area contributed by atoms with E-state index in [0.29, 0.717) is 13.1 Å². The van der Waals surface area contributed by atoms with Gasteiger partial charge in [0.1, 0.15) is 5.69 Å². The van der Waals surface area contributed by atoms with Crippen molar-refractivity contribution in [3.8, 4) is 0 Å². The molecule has 1 aromatic heterocycles. The highest BCUT2D eigenvalue weighted by molar-refractivity contribution is 5.85. The summed E-state index contributed by atoms with van der Waals surface area (Å²) in [6.07, 6.45) is 3.16. The average Bonchev–Trinajstić information content (AvgIpc) is 3.36. The minimum Gasteiger partial charge on any atom is -0.364 e. The summed E-state index contributed by atoms with van der Waals surface area (Å²) in [5.74, 6) is -3.39. The van der Waals surface area contributed by atoms with Gasteiger partial charge in [-0.2, -0.15) is 0 Å². The van der Waals surface area contributed by atoms with Crippen LogP contribution >= 0.6 is 0 Å². The summed E-state index contributed by atoms with van der Waals surface area (Å²) >= 11 is 0. The number of rotatable bonds is 2. The van der Waals surface area contributed by atoms with Crippen LogP contribution in [0.3, 0.4) is 0 Å². The van der Waals surface area contributed by atoms with Crippen LogP contribution < -0.4 is 15.6 Å². The molecule has 7 heteroatoms. The molecule has 0 unspecified atom stereocenters. The largest absolute Gasteiger partial charge is 0.364 e. The predicted octanol–water partition coefficient (Wildman–Crippen LogP) is 2.94. The van der Waals surface area contributed by atoms with Crippen molar-refractivity contribution < 1.29 is 13.2 Å². The predicted molar refractivity (Wildman–Crippen MR) is 90.6 cm³/mol. The Hall–Kier alpha value is -2.02. The number of aromatic nitrogens is 1. The van der Waals surface area contributed by atoms with Crippen molar-refractivity contribution in [1.82, 2.24) is 9.88 Å². The molecule has 4 nitrogen and oxygen atoms in total. The van der Waals surface area contributed by atoms with E-state index in [1.54, 1.807) is 4.57 Å². The topological polar surface area (TPSA) is 37.3 Å². The number of benzene rings is 1. The number of piperazine rings is 1. The number of pyridine rings is 1. The van der Waals surface area contributed by atoms with Gasteiger partial charge in [0.05, 0.1) is 10.9 Å². The zero-order valence-electron chi connectivity index (χ0n) is 14.2. The molecule has 1 N–H and O–H groups in total. The molecule has 0 spiro atoms.